The standard InChI is InChI=1S/C18H21N5O2.2C2HF3O2/c24-16(15-4-1-2-7-19-15)23-10-6-18(13-23)12-14(5-11-25-18)22-17-20-8-3-9-21-17;2*3-2(4,5)1(6)7/h1-4,7-9,14H,5-6,10-13H2,(H,20,21,22);2*(H,6,7)/t14-,18+;;/m0../s1. The molecule has 2 saturated heterocycles. The van der Waals surface area contributed by atoms with E-state index in [1.807, 2.05) is 17.0 Å². The largest absolute Gasteiger partial charge is 0.490 e. The molecule has 1 amide bonds. The van der Waals surface area contributed by atoms with Gasteiger partial charge < -0.3 is 25.2 Å². The first-order valence-corrected chi connectivity index (χ1v) is 11.1. The highest BCUT2D eigenvalue weighted by molar-refractivity contribution is 5.92. The summed E-state index contributed by atoms with van der Waals surface area (Å²) in [5.41, 5.74) is 0.206. The first kappa shape index (κ1) is 31.2. The molecule has 2 aromatic rings. The molecule has 2 aromatic heterocycles. The van der Waals surface area contributed by atoms with Crippen LogP contribution >= 0.6 is 0 Å². The third-order valence-electron chi connectivity index (χ3n) is 5.36. The van der Waals surface area contributed by atoms with E-state index < -0.39 is 24.3 Å². The van der Waals surface area contributed by atoms with Crippen LogP contribution in [0.4, 0.5) is 32.3 Å². The van der Waals surface area contributed by atoms with Crippen LogP contribution in [-0.2, 0) is 14.3 Å². The zero-order valence-corrected chi connectivity index (χ0v) is 19.9. The molecule has 0 bridgehead atoms. The molecule has 0 radical (unpaired) electrons. The minimum absolute atomic E-state index is 0.0254. The van der Waals surface area contributed by atoms with Crippen molar-refractivity contribution >= 4 is 23.8 Å². The third-order valence-corrected chi connectivity index (χ3v) is 5.36. The van der Waals surface area contributed by atoms with Crippen molar-refractivity contribution in [2.24, 2.45) is 0 Å². The zero-order valence-electron chi connectivity index (χ0n) is 19.9. The second kappa shape index (κ2) is 13.2. The number of amides is 1. The summed E-state index contributed by atoms with van der Waals surface area (Å²) in [6, 6.07) is 7.46. The predicted molar refractivity (Wildman–Crippen MR) is 119 cm³/mol. The number of ether oxygens (including phenoxy) is 1. The molecule has 11 nitrogen and oxygen atoms in total. The number of hydrogen-bond acceptors (Lipinski definition) is 8. The number of halogens is 6. The highest BCUT2D eigenvalue weighted by atomic mass is 19.4. The Kier molecular flexibility index (Phi) is 10.5. The van der Waals surface area contributed by atoms with E-state index in [4.69, 9.17) is 24.5 Å². The molecule has 0 unspecified atom stereocenters. The lowest BCUT2D eigenvalue weighted by Crippen LogP contribution is -2.47. The number of likely N-dealkylation sites (tertiary alicyclic amines) is 1. The molecular weight excluding hydrogens is 544 g/mol. The first-order valence-electron chi connectivity index (χ1n) is 11.1. The molecule has 39 heavy (non-hydrogen) atoms. The Hall–Kier alpha value is -4.02. The Bertz CT molecular complexity index is 1080. The van der Waals surface area contributed by atoms with Gasteiger partial charge in [-0.05, 0) is 37.5 Å². The number of aromatic nitrogens is 3. The van der Waals surface area contributed by atoms with E-state index >= 15 is 0 Å². The van der Waals surface area contributed by atoms with Gasteiger partial charge in [-0.25, -0.2) is 19.6 Å². The fourth-order valence-electron chi connectivity index (χ4n) is 3.66. The summed E-state index contributed by atoms with van der Waals surface area (Å²) in [6.07, 6.45) is -2.46. The Morgan fingerprint density at radius 2 is 1.51 bits per heavy atom. The molecule has 2 fully saturated rings. The maximum absolute atomic E-state index is 12.6. The molecule has 0 saturated carbocycles. The minimum atomic E-state index is -5.08. The monoisotopic (exact) mass is 567 g/mol. The number of carbonyl (C=O) groups excluding carboxylic acids is 1. The number of rotatable bonds is 3. The number of carboxylic acid groups (broad SMARTS) is 2. The predicted octanol–water partition coefficient (Wildman–Crippen LogP) is 3.01. The summed E-state index contributed by atoms with van der Waals surface area (Å²) in [6.45, 7) is 1.98. The normalized spacial score (nSPS) is 20.7. The van der Waals surface area contributed by atoms with Gasteiger partial charge in [0.15, 0.2) is 0 Å². The van der Waals surface area contributed by atoms with E-state index in [2.05, 4.69) is 20.3 Å². The minimum Gasteiger partial charge on any atom is -0.475 e. The van der Waals surface area contributed by atoms with Crippen molar-refractivity contribution in [3.8, 4) is 0 Å². The lowest BCUT2D eigenvalue weighted by molar-refractivity contribution is -0.193. The number of alkyl halides is 6. The molecule has 2 atom stereocenters. The highest BCUT2D eigenvalue weighted by Gasteiger charge is 2.45. The number of pyridine rings is 1. The lowest BCUT2D eigenvalue weighted by atomic mass is 9.89. The van der Waals surface area contributed by atoms with Crippen LogP contribution in [0.3, 0.4) is 0 Å². The average Bonchev–Trinajstić information content (AvgIpc) is 3.27. The van der Waals surface area contributed by atoms with Crippen molar-refractivity contribution in [2.75, 3.05) is 25.0 Å². The van der Waals surface area contributed by atoms with E-state index in [1.165, 1.54) is 0 Å². The van der Waals surface area contributed by atoms with E-state index in [0.29, 0.717) is 31.3 Å². The number of nitrogens with zero attached hydrogens (tertiary/aromatic N) is 4. The van der Waals surface area contributed by atoms with Crippen LogP contribution in [0.1, 0.15) is 29.8 Å². The number of hydrogen-bond donors (Lipinski definition) is 3. The molecule has 2 aliphatic rings. The summed E-state index contributed by atoms with van der Waals surface area (Å²) < 4.78 is 69.6. The van der Waals surface area contributed by atoms with Gasteiger partial charge in [0.1, 0.15) is 5.69 Å². The van der Waals surface area contributed by atoms with Gasteiger partial charge in [-0.3, -0.25) is 9.78 Å². The van der Waals surface area contributed by atoms with Crippen LogP contribution in [0.15, 0.2) is 42.9 Å². The van der Waals surface area contributed by atoms with Crippen molar-refractivity contribution in [1.29, 1.82) is 0 Å². The van der Waals surface area contributed by atoms with E-state index in [9.17, 15) is 31.1 Å². The fraction of sp³-hybridized carbons (Fsp3) is 0.455. The van der Waals surface area contributed by atoms with Gasteiger partial charge in [0, 0.05) is 37.8 Å². The molecule has 2 aliphatic heterocycles. The molecule has 0 aromatic carbocycles. The van der Waals surface area contributed by atoms with Gasteiger partial charge in [-0.1, -0.05) is 6.07 Å². The second-order valence-electron chi connectivity index (χ2n) is 8.24. The van der Waals surface area contributed by atoms with Gasteiger partial charge in [-0.2, -0.15) is 26.3 Å². The summed E-state index contributed by atoms with van der Waals surface area (Å²) >= 11 is 0. The molecule has 3 N–H and O–H groups in total. The van der Waals surface area contributed by atoms with Crippen LogP contribution in [0.2, 0.25) is 0 Å². The molecule has 214 valence electrons. The molecule has 4 heterocycles. The van der Waals surface area contributed by atoms with Crippen LogP contribution in [0.5, 0.6) is 0 Å². The van der Waals surface area contributed by atoms with E-state index in [0.717, 1.165) is 19.3 Å². The Balaban J connectivity index is 0.000000317. The van der Waals surface area contributed by atoms with Gasteiger partial charge in [0.25, 0.3) is 5.91 Å². The van der Waals surface area contributed by atoms with Crippen molar-refractivity contribution in [2.45, 2.75) is 43.3 Å². The Morgan fingerprint density at radius 1 is 0.949 bits per heavy atom. The van der Waals surface area contributed by atoms with Crippen LogP contribution in [-0.4, -0.2) is 91.6 Å². The molecule has 4 rings (SSSR count). The lowest BCUT2D eigenvalue weighted by Gasteiger charge is -2.38. The van der Waals surface area contributed by atoms with Crippen LogP contribution in [0, 0.1) is 0 Å². The Labute approximate surface area is 216 Å². The third kappa shape index (κ3) is 9.99. The van der Waals surface area contributed by atoms with Gasteiger partial charge in [-0.15, -0.1) is 0 Å². The van der Waals surface area contributed by atoms with Gasteiger partial charge >= 0.3 is 24.3 Å². The number of anilines is 1. The Morgan fingerprint density at radius 3 is 2.03 bits per heavy atom. The number of aliphatic carboxylic acids is 2. The summed E-state index contributed by atoms with van der Waals surface area (Å²) in [7, 11) is 0. The maximum atomic E-state index is 12.6. The fourth-order valence-corrected chi connectivity index (χ4v) is 3.66. The van der Waals surface area contributed by atoms with Gasteiger partial charge in [0.2, 0.25) is 5.95 Å². The molecule has 17 heteroatoms. The topological polar surface area (TPSA) is 155 Å². The summed E-state index contributed by atoms with van der Waals surface area (Å²) in [5, 5.41) is 17.6. The van der Waals surface area contributed by atoms with Crippen molar-refractivity contribution in [1.82, 2.24) is 19.9 Å². The summed E-state index contributed by atoms with van der Waals surface area (Å²) in [5.74, 6) is -4.90. The van der Waals surface area contributed by atoms with Crippen molar-refractivity contribution in [3.05, 3.63) is 48.5 Å². The first-order chi connectivity index (χ1) is 18.1. The zero-order chi connectivity index (χ0) is 29.3. The molecular formula is C22H23F6N5O6. The number of carboxylic acids is 2. The quantitative estimate of drug-likeness (QED) is 0.472. The van der Waals surface area contributed by atoms with E-state index in [1.54, 1.807) is 30.7 Å². The smallest absolute Gasteiger partial charge is 0.475 e. The highest BCUT2D eigenvalue weighted by Crippen LogP contribution is 2.35. The van der Waals surface area contributed by atoms with Crippen molar-refractivity contribution in [3.63, 3.8) is 0 Å². The second-order valence-corrected chi connectivity index (χ2v) is 8.24. The van der Waals surface area contributed by atoms with Crippen LogP contribution < -0.4 is 5.32 Å². The van der Waals surface area contributed by atoms with Crippen molar-refractivity contribution < 1.29 is 55.7 Å². The van der Waals surface area contributed by atoms with Crippen LogP contribution in [0.25, 0.3) is 0 Å². The summed E-state index contributed by atoms with van der Waals surface area (Å²) in [4.78, 5) is 44.9. The van der Waals surface area contributed by atoms with Gasteiger partial charge in [0.05, 0.1) is 12.1 Å². The number of nitrogens with one attached hydrogen (secondary N) is 1. The van der Waals surface area contributed by atoms with E-state index in [-0.39, 0.29) is 17.6 Å². The molecule has 1 spiro atoms. The number of carbonyl (C=O) groups is 3. The molecule has 0 aliphatic carbocycles. The SMILES string of the molecule is O=C(O)C(F)(F)F.O=C(O)C(F)(F)F.O=C(c1ccccn1)N1CC[C@@]2(C[C@@H](Nc3ncccn3)CCO2)C1. The average molecular weight is 567 g/mol. The maximum Gasteiger partial charge on any atom is 0.490 e.